The van der Waals surface area contributed by atoms with E-state index in [4.69, 9.17) is 0 Å². The number of carbonyl (C=O) groups is 2. The maximum atomic E-state index is 13.0. The Kier molecular flexibility index (Phi) is 8.32. The van der Waals surface area contributed by atoms with Gasteiger partial charge in [0, 0.05) is 48.4 Å². The van der Waals surface area contributed by atoms with E-state index in [0.717, 1.165) is 19.3 Å². The Morgan fingerprint density at radius 3 is 2.00 bits per heavy atom. The fourth-order valence-corrected chi connectivity index (χ4v) is 5.26. The molecule has 2 amide bonds. The van der Waals surface area contributed by atoms with Crippen LogP contribution in [0.3, 0.4) is 0 Å². The molecule has 1 fully saturated rings. The number of hydrogen-bond acceptors (Lipinski definition) is 6. The molecule has 0 aromatic carbocycles. The van der Waals surface area contributed by atoms with Crippen LogP contribution in [0.25, 0.3) is 0 Å². The van der Waals surface area contributed by atoms with Crippen LogP contribution < -0.4 is 0 Å². The monoisotopic (exact) mass is 449 g/mol. The molecular weight excluding hydrogens is 422 g/mol. The molecule has 1 aliphatic heterocycles. The van der Waals surface area contributed by atoms with Crippen molar-refractivity contribution in [3.05, 3.63) is 44.8 Å². The molecule has 0 saturated carbocycles. The zero-order valence-corrected chi connectivity index (χ0v) is 19.3. The van der Waals surface area contributed by atoms with Gasteiger partial charge in [-0.1, -0.05) is 26.0 Å². The summed E-state index contributed by atoms with van der Waals surface area (Å²) in [4.78, 5) is 32.8. The van der Waals surface area contributed by atoms with Crippen LogP contribution in [0, 0.1) is 11.8 Å². The number of aliphatic imine (C=N–C) groups is 1. The smallest absolute Gasteiger partial charge is 0.251 e. The topological polar surface area (TPSA) is 53.0 Å². The third-order valence-electron chi connectivity index (χ3n) is 4.59. The second kappa shape index (κ2) is 10.9. The van der Waals surface area contributed by atoms with Crippen LogP contribution in [0.2, 0.25) is 0 Å². The van der Waals surface area contributed by atoms with Crippen molar-refractivity contribution in [2.75, 3.05) is 19.6 Å². The van der Waals surface area contributed by atoms with Gasteiger partial charge in [0.2, 0.25) is 0 Å². The summed E-state index contributed by atoms with van der Waals surface area (Å²) < 4.78 is 3.46. The normalized spacial score (nSPS) is 16.0. The van der Waals surface area contributed by atoms with Crippen LogP contribution in [-0.2, 0) is 22.4 Å². The van der Waals surface area contributed by atoms with Gasteiger partial charge in [-0.2, -0.15) is 0 Å². The molecule has 0 spiro atoms. The summed E-state index contributed by atoms with van der Waals surface area (Å²) in [6, 6.07) is 8.20. The fraction of sp³-hybridized carbons (Fsp3) is 0.476. The van der Waals surface area contributed by atoms with E-state index in [1.807, 2.05) is 22.9 Å². The lowest BCUT2D eigenvalue weighted by atomic mass is 10.1. The van der Waals surface area contributed by atoms with Crippen molar-refractivity contribution in [2.45, 2.75) is 33.1 Å². The van der Waals surface area contributed by atoms with E-state index in [1.54, 1.807) is 37.5 Å². The van der Waals surface area contributed by atoms with E-state index >= 15 is 0 Å². The summed E-state index contributed by atoms with van der Waals surface area (Å²) in [5.74, 6) is -0.574. The summed E-state index contributed by atoms with van der Waals surface area (Å²) in [6.45, 7) is 6.10. The molecule has 2 aromatic heterocycles. The molecule has 3 rings (SSSR count). The molecule has 8 heteroatoms. The average molecular weight is 450 g/mol. The van der Waals surface area contributed by atoms with Crippen molar-refractivity contribution in [3.63, 3.8) is 0 Å². The average Bonchev–Trinajstić information content (AvgIpc) is 3.39. The predicted octanol–water partition coefficient (Wildman–Crippen LogP) is 4.56. The molecule has 0 aliphatic carbocycles. The van der Waals surface area contributed by atoms with Crippen molar-refractivity contribution >= 4 is 52.8 Å². The third-order valence-corrected chi connectivity index (χ3v) is 7.59. The van der Waals surface area contributed by atoms with Crippen molar-refractivity contribution in [1.29, 1.82) is 0 Å². The first-order chi connectivity index (χ1) is 14.0. The van der Waals surface area contributed by atoms with Gasteiger partial charge < -0.3 is 0 Å². The van der Waals surface area contributed by atoms with Crippen LogP contribution >= 0.6 is 34.8 Å². The molecular formula is C21H27N3O2S3. The van der Waals surface area contributed by atoms with E-state index in [2.05, 4.69) is 31.0 Å². The van der Waals surface area contributed by atoms with Gasteiger partial charge in [0.15, 0.2) is 5.92 Å². The van der Waals surface area contributed by atoms with Crippen LogP contribution in [0.15, 0.2) is 40.0 Å². The van der Waals surface area contributed by atoms with Crippen molar-refractivity contribution in [2.24, 2.45) is 16.8 Å². The fourth-order valence-electron chi connectivity index (χ4n) is 2.89. The predicted molar refractivity (Wildman–Crippen MR) is 123 cm³/mol. The zero-order valence-electron chi connectivity index (χ0n) is 16.8. The number of thiophene rings is 2. The lowest BCUT2D eigenvalue weighted by molar-refractivity contribution is -0.140. The summed E-state index contributed by atoms with van der Waals surface area (Å²) in [5, 5.41) is 4.09. The lowest BCUT2D eigenvalue weighted by Crippen LogP contribution is -2.50. The second-order valence-corrected chi connectivity index (χ2v) is 10.4. The maximum Gasteiger partial charge on any atom is 0.251 e. The summed E-state index contributed by atoms with van der Waals surface area (Å²) in [5.41, 5.74) is 0. The van der Waals surface area contributed by atoms with Crippen LogP contribution in [0.1, 0.15) is 30.0 Å². The summed E-state index contributed by atoms with van der Waals surface area (Å²) in [6.07, 6.45) is 4.11. The first-order valence-corrected chi connectivity index (χ1v) is 12.4. The van der Waals surface area contributed by atoms with Crippen molar-refractivity contribution in [1.82, 2.24) is 8.61 Å². The van der Waals surface area contributed by atoms with E-state index in [0.29, 0.717) is 25.6 Å². The molecule has 5 nitrogen and oxygen atoms in total. The highest BCUT2D eigenvalue weighted by Crippen LogP contribution is 2.29. The highest BCUT2D eigenvalue weighted by molar-refractivity contribution is 7.95. The Hall–Kier alpha value is -1.64. The zero-order chi connectivity index (χ0) is 20.6. The molecule has 3 heterocycles. The number of amides is 2. The molecule has 29 heavy (non-hydrogen) atoms. The Balaban J connectivity index is 1.67. The van der Waals surface area contributed by atoms with Crippen molar-refractivity contribution < 1.29 is 9.59 Å². The molecule has 156 valence electrons. The number of carbonyl (C=O) groups excluding carboxylic acids is 2. The van der Waals surface area contributed by atoms with Gasteiger partial charge in [0.05, 0.1) is 12.1 Å². The minimum absolute atomic E-state index is 0.155. The molecule has 2 aromatic rings. The summed E-state index contributed by atoms with van der Waals surface area (Å²) in [7, 11) is 0. The number of rotatable bonds is 10. The van der Waals surface area contributed by atoms with Gasteiger partial charge in [-0.15, -0.1) is 22.7 Å². The Morgan fingerprint density at radius 2 is 1.55 bits per heavy atom. The minimum atomic E-state index is -0.810. The van der Waals surface area contributed by atoms with Gasteiger partial charge in [-0.25, -0.2) is 0 Å². The van der Waals surface area contributed by atoms with Crippen LogP contribution in [-0.4, -0.2) is 46.3 Å². The molecule has 1 saturated heterocycles. The quantitative estimate of drug-likeness (QED) is 0.303. The standard InChI is InChI=1S/C21H27N3O2S3/c1-16(2)7-10-22-15-19-20(25)23(11-8-17-5-3-13-27-17)29-24(21(19)26)12-9-18-6-4-14-28-18/h3-6,13-16,19H,7-12H2,1-2H3. The van der Waals surface area contributed by atoms with Crippen molar-refractivity contribution in [3.8, 4) is 0 Å². The van der Waals surface area contributed by atoms with E-state index in [-0.39, 0.29) is 11.8 Å². The van der Waals surface area contributed by atoms with Gasteiger partial charge in [0.25, 0.3) is 11.8 Å². The van der Waals surface area contributed by atoms with E-state index in [9.17, 15) is 9.59 Å². The molecule has 1 aliphatic rings. The second-order valence-electron chi connectivity index (χ2n) is 7.34. The molecule has 0 radical (unpaired) electrons. The van der Waals surface area contributed by atoms with Crippen LogP contribution in [0.5, 0.6) is 0 Å². The third kappa shape index (κ3) is 6.42. The highest BCUT2D eigenvalue weighted by Gasteiger charge is 2.40. The number of nitrogens with zero attached hydrogens (tertiary/aromatic N) is 3. The largest absolute Gasteiger partial charge is 0.296 e. The molecule has 0 bridgehead atoms. The summed E-state index contributed by atoms with van der Waals surface area (Å²) >= 11 is 4.63. The van der Waals surface area contributed by atoms with E-state index < -0.39 is 5.92 Å². The van der Waals surface area contributed by atoms with Gasteiger partial charge in [-0.05, 0) is 35.2 Å². The molecule has 0 unspecified atom stereocenters. The van der Waals surface area contributed by atoms with Crippen LogP contribution in [0.4, 0.5) is 0 Å². The SMILES string of the molecule is CC(C)CCN=CC1C(=O)N(CCc2cccs2)SN(CCc2cccs2)C1=O. The minimum Gasteiger partial charge on any atom is -0.296 e. The Morgan fingerprint density at radius 1 is 1.00 bits per heavy atom. The first-order valence-electron chi connectivity index (χ1n) is 9.90. The highest BCUT2D eigenvalue weighted by atomic mass is 32.2. The number of hydrogen-bond donors (Lipinski definition) is 0. The lowest BCUT2D eigenvalue weighted by Gasteiger charge is -2.36. The van der Waals surface area contributed by atoms with Gasteiger partial charge in [-0.3, -0.25) is 23.2 Å². The molecule has 0 atom stereocenters. The molecule has 0 N–H and O–H groups in total. The van der Waals surface area contributed by atoms with E-state index in [1.165, 1.54) is 21.9 Å². The van der Waals surface area contributed by atoms with Gasteiger partial charge in [0.1, 0.15) is 0 Å². The van der Waals surface area contributed by atoms with Gasteiger partial charge >= 0.3 is 0 Å². The Labute approximate surface area is 185 Å². The maximum absolute atomic E-state index is 13.0. The first kappa shape index (κ1) is 22.1. The Bertz CT molecular complexity index is 747.